The van der Waals surface area contributed by atoms with Gasteiger partial charge in [0.2, 0.25) is 0 Å². The predicted octanol–water partition coefficient (Wildman–Crippen LogP) is 3.10. The molecule has 0 spiro atoms. The zero-order valence-electron chi connectivity index (χ0n) is 20.8. The van der Waals surface area contributed by atoms with Crippen molar-refractivity contribution in [1.29, 1.82) is 0 Å². The number of aryl methyl sites for hydroxylation is 1. The molecule has 194 valence electrons. The number of carbonyl (C=O) groups is 1. The first-order chi connectivity index (χ1) is 17.9. The highest BCUT2D eigenvalue weighted by Crippen LogP contribution is 2.37. The summed E-state index contributed by atoms with van der Waals surface area (Å²) >= 11 is 0. The first kappa shape index (κ1) is 25.3. The van der Waals surface area contributed by atoms with Crippen LogP contribution >= 0.6 is 0 Å². The van der Waals surface area contributed by atoms with E-state index in [1.807, 2.05) is 25.1 Å². The molecule has 0 bridgehead atoms. The van der Waals surface area contributed by atoms with Gasteiger partial charge in [0, 0.05) is 26.2 Å². The molecular formula is C28H31N3O5S. The molecule has 8 nitrogen and oxygen atoms in total. The topological polar surface area (TPSA) is 88.2 Å². The van der Waals surface area contributed by atoms with Crippen molar-refractivity contribution in [3.8, 4) is 5.75 Å². The SMILES string of the molecule is Cc1ccc2c(c1)N(S(=O)(=O)c1ccccc1)C[C@@H](C(=O)NCc1ccc(CN3CCOCC3)cc1)O2. The summed E-state index contributed by atoms with van der Waals surface area (Å²) in [5.41, 5.74) is 3.50. The van der Waals surface area contributed by atoms with Crippen LogP contribution in [0.4, 0.5) is 5.69 Å². The van der Waals surface area contributed by atoms with Crippen molar-refractivity contribution >= 4 is 21.6 Å². The molecule has 1 atom stereocenters. The quantitative estimate of drug-likeness (QED) is 0.514. The van der Waals surface area contributed by atoms with E-state index < -0.39 is 16.1 Å². The predicted molar refractivity (Wildman–Crippen MR) is 141 cm³/mol. The third kappa shape index (κ3) is 5.79. The number of nitrogens with one attached hydrogen (secondary N) is 1. The van der Waals surface area contributed by atoms with Gasteiger partial charge >= 0.3 is 0 Å². The number of amides is 1. The van der Waals surface area contributed by atoms with Gasteiger partial charge in [-0.05, 0) is 47.9 Å². The van der Waals surface area contributed by atoms with E-state index in [4.69, 9.17) is 9.47 Å². The fourth-order valence-corrected chi connectivity index (χ4v) is 6.02. The lowest BCUT2D eigenvalue weighted by Crippen LogP contribution is -2.50. The van der Waals surface area contributed by atoms with E-state index in [1.54, 1.807) is 42.5 Å². The number of anilines is 1. The van der Waals surface area contributed by atoms with Gasteiger partial charge in [0.25, 0.3) is 15.9 Å². The maximum atomic E-state index is 13.5. The highest BCUT2D eigenvalue weighted by Gasteiger charge is 2.37. The molecule has 1 saturated heterocycles. The zero-order valence-corrected chi connectivity index (χ0v) is 21.6. The average molecular weight is 522 g/mol. The number of benzene rings is 3. The molecular weight excluding hydrogens is 490 g/mol. The zero-order chi connectivity index (χ0) is 25.8. The summed E-state index contributed by atoms with van der Waals surface area (Å²) in [5.74, 6) is 0.000789. The number of sulfonamides is 1. The van der Waals surface area contributed by atoms with Gasteiger partial charge in [-0.1, -0.05) is 48.5 Å². The number of ether oxygens (including phenoxy) is 2. The van der Waals surface area contributed by atoms with E-state index in [0.29, 0.717) is 18.0 Å². The van der Waals surface area contributed by atoms with Crippen molar-refractivity contribution in [3.05, 3.63) is 89.5 Å². The van der Waals surface area contributed by atoms with E-state index in [1.165, 1.54) is 9.87 Å². The molecule has 9 heteroatoms. The van der Waals surface area contributed by atoms with E-state index in [0.717, 1.165) is 44.0 Å². The smallest absolute Gasteiger partial charge is 0.264 e. The molecule has 5 rings (SSSR count). The maximum absolute atomic E-state index is 13.5. The molecule has 2 aliphatic rings. The lowest BCUT2D eigenvalue weighted by molar-refractivity contribution is -0.127. The number of fused-ring (bicyclic) bond motifs is 1. The van der Waals surface area contributed by atoms with Crippen LogP contribution in [0.1, 0.15) is 16.7 Å². The second-order valence-corrected chi connectivity index (χ2v) is 11.2. The summed E-state index contributed by atoms with van der Waals surface area (Å²) < 4.78 is 39.7. The minimum atomic E-state index is -3.88. The number of carbonyl (C=O) groups excluding carboxylic acids is 1. The van der Waals surface area contributed by atoms with Gasteiger partial charge in [0.15, 0.2) is 6.10 Å². The van der Waals surface area contributed by atoms with Crippen LogP contribution in [0, 0.1) is 6.92 Å². The molecule has 0 aromatic heterocycles. The summed E-state index contributed by atoms with van der Waals surface area (Å²) in [6.45, 7) is 6.36. The number of hydrogen-bond acceptors (Lipinski definition) is 6. The monoisotopic (exact) mass is 521 g/mol. The Morgan fingerprint density at radius 1 is 0.973 bits per heavy atom. The van der Waals surface area contributed by atoms with Gasteiger partial charge in [0.05, 0.1) is 30.3 Å². The Morgan fingerprint density at radius 3 is 2.41 bits per heavy atom. The normalized spacial score (nSPS) is 18.1. The molecule has 0 saturated carbocycles. The minimum absolute atomic E-state index is 0.113. The number of morpholine rings is 1. The van der Waals surface area contributed by atoms with E-state index in [2.05, 4.69) is 22.3 Å². The Hall–Kier alpha value is -3.40. The lowest BCUT2D eigenvalue weighted by Gasteiger charge is -2.35. The van der Waals surface area contributed by atoms with Gasteiger partial charge in [0.1, 0.15) is 5.75 Å². The molecule has 1 amide bonds. The van der Waals surface area contributed by atoms with Crippen LogP contribution in [0.25, 0.3) is 0 Å². The van der Waals surface area contributed by atoms with Gasteiger partial charge in [-0.2, -0.15) is 0 Å². The minimum Gasteiger partial charge on any atom is -0.476 e. The van der Waals surface area contributed by atoms with Gasteiger partial charge in [-0.25, -0.2) is 8.42 Å². The summed E-state index contributed by atoms with van der Waals surface area (Å²) in [5, 5.41) is 2.91. The summed E-state index contributed by atoms with van der Waals surface area (Å²) in [6, 6.07) is 21.7. The molecule has 0 aliphatic carbocycles. The summed E-state index contributed by atoms with van der Waals surface area (Å²) in [7, 11) is -3.88. The molecule has 1 fully saturated rings. The van der Waals surface area contributed by atoms with Gasteiger partial charge in [-0.3, -0.25) is 14.0 Å². The van der Waals surface area contributed by atoms with Crippen molar-refractivity contribution in [2.75, 3.05) is 37.2 Å². The van der Waals surface area contributed by atoms with E-state index in [-0.39, 0.29) is 17.3 Å². The second-order valence-electron chi connectivity index (χ2n) is 9.35. The molecule has 1 N–H and O–H groups in total. The van der Waals surface area contributed by atoms with Crippen LogP contribution in [-0.4, -0.2) is 58.2 Å². The highest BCUT2D eigenvalue weighted by atomic mass is 32.2. The number of nitrogens with zero attached hydrogens (tertiary/aromatic N) is 2. The molecule has 3 aromatic rings. The fraction of sp³-hybridized carbons (Fsp3) is 0.321. The van der Waals surface area contributed by atoms with Crippen molar-refractivity contribution in [3.63, 3.8) is 0 Å². The van der Waals surface area contributed by atoms with E-state index in [9.17, 15) is 13.2 Å². The van der Waals surface area contributed by atoms with Crippen LogP contribution in [0.15, 0.2) is 77.7 Å². The number of hydrogen-bond donors (Lipinski definition) is 1. The van der Waals surface area contributed by atoms with Gasteiger partial charge in [-0.15, -0.1) is 0 Å². The molecule has 0 radical (unpaired) electrons. The Labute approximate surface area is 217 Å². The Bertz CT molecular complexity index is 1340. The largest absolute Gasteiger partial charge is 0.476 e. The second kappa shape index (κ2) is 10.9. The van der Waals surface area contributed by atoms with Crippen LogP contribution in [0.2, 0.25) is 0 Å². The summed E-state index contributed by atoms with van der Waals surface area (Å²) in [6.07, 6.45) is -0.978. The van der Waals surface area contributed by atoms with Crippen LogP contribution in [0.5, 0.6) is 5.75 Å². The number of rotatable bonds is 7. The lowest BCUT2D eigenvalue weighted by atomic mass is 10.1. The molecule has 2 aliphatic heterocycles. The standard InChI is InChI=1S/C28H31N3O5S/c1-21-7-12-26-25(17-21)31(37(33,34)24-5-3-2-4-6-24)20-27(36-26)28(32)29-18-22-8-10-23(11-9-22)19-30-13-15-35-16-14-30/h2-12,17,27H,13-16,18-20H2,1H3,(H,29,32)/t27-/m0/s1. The van der Waals surface area contributed by atoms with Crippen molar-refractivity contribution in [2.45, 2.75) is 31.0 Å². The fourth-order valence-electron chi connectivity index (χ4n) is 4.53. The van der Waals surface area contributed by atoms with Crippen molar-refractivity contribution < 1.29 is 22.7 Å². The Kier molecular flexibility index (Phi) is 7.45. The maximum Gasteiger partial charge on any atom is 0.264 e. The van der Waals surface area contributed by atoms with Crippen molar-refractivity contribution in [2.24, 2.45) is 0 Å². The van der Waals surface area contributed by atoms with Crippen LogP contribution < -0.4 is 14.4 Å². The van der Waals surface area contributed by atoms with Gasteiger partial charge < -0.3 is 14.8 Å². The van der Waals surface area contributed by atoms with Crippen molar-refractivity contribution in [1.82, 2.24) is 10.2 Å². The first-order valence-corrected chi connectivity index (χ1v) is 13.8. The molecule has 2 heterocycles. The molecule has 37 heavy (non-hydrogen) atoms. The van der Waals surface area contributed by atoms with Crippen LogP contribution in [-0.2, 0) is 32.6 Å². The molecule has 3 aromatic carbocycles. The molecule has 0 unspecified atom stereocenters. The van der Waals surface area contributed by atoms with Crippen LogP contribution in [0.3, 0.4) is 0 Å². The Balaban J connectivity index is 1.27. The highest BCUT2D eigenvalue weighted by molar-refractivity contribution is 7.92. The third-order valence-corrected chi connectivity index (χ3v) is 8.40. The van der Waals surface area contributed by atoms with E-state index >= 15 is 0 Å². The average Bonchev–Trinajstić information content (AvgIpc) is 2.93. The Morgan fingerprint density at radius 2 is 1.68 bits per heavy atom. The summed E-state index contributed by atoms with van der Waals surface area (Å²) in [4.78, 5) is 15.6. The first-order valence-electron chi connectivity index (χ1n) is 12.4. The third-order valence-electron chi connectivity index (χ3n) is 6.61.